The van der Waals surface area contributed by atoms with Crippen LogP contribution >= 0.6 is 0 Å². The molecule has 0 aliphatic rings. The van der Waals surface area contributed by atoms with Crippen LogP contribution in [0.5, 0.6) is 5.88 Å². The van der Waals surface area contributed by atoms with E-state index in [1.807, 2.05) is 13.8 Å². The van der Waals surface area contributed by atoms with Gasteiger partial charge in [-0.2, -0.15) is 4.98 Å². The highest BCUT2D eigenvalue weighted by molar-refractivity contribution is 5.27. The van der Waals surface area contributed by atoms with Crippen molar-refractivity contribution >= 4 is 5.95 Å². The molecule has 6 nitrogen and oxygen atoms in total. The van der Waals surface area contributed by atoms with Crippen molar-refractivity contribution in [2.24, 2.45) is 0 Å². The zero-order valence-electron chi connectivity index (χ0n) is 9.80. The van der Waals surface area contributed by atoms with Crippen LogP contribution in [0, 0.1) is 6.92 Å². The van der Waals surface area contributed by atoms with Crippen LogP contribution in [-0.4, -0.2) is 21.6 Å². The molecule has 0 aliphatic carbocycles. The van der Waals surface area contributed by atoms with E-state index < -0.39 is 0 Å². The standard InChI is InChI=1S/C11H14N4O2/c1-3-16-9-4-5-12-11(15-9)14-7-10-13-6-8(2)17-10/h4-6H,3,7H2,1-2H3,(H,12,14,15). The fourth-order valence-electron chi connectivity index (χ4n) is 1.29. The summed E-state index contributed by atoms with van der Waals surface area (Å²) in [4.78, 5) is 12.3. The molecular weight excluding hydrogens is 220 g/mol. The summed E-state index contributed by atoms with van der Waals surface area (Å²) in [5.74, 6) is 2.43. The van der Waals surface area contributed by atoms with Crippen molar-refractivity contribution in [2.75, 3.05) is 11.9 Å². The summed E-state index contributed by atoms with van der Waals surface area (Å²) < 4.78 is 10.6. The molecule has 90 valence electrons. The lowest BCUT2D eigenvalue weighted by molar-refractivity contribution is 0.326. The third-order valence-corrected chi connectivity index (χ3v) is 1.99. The molecule has 2 rings (SSSR count). The number of hydrogen-bond acceptors (Lipinski definition) is 6. The molecule has 0 spiro atoms. The second kappa shape index (κ2) is 5.29. The lowest BCUT2D eigenvalue weighted by atomic mass is 10.6. The Bertz CT molecular complexity index is 484. The third kappa shape index (κ3) is 3.17. The van der Waals surface area contributed by atoms with Gasteiger partial charge in [0.1, 0.15) is 5.76 Å². The van der Waals surface area contributed by atoms with Gasteiger partial charge < -0.3 is 14.5 Å². The fourth-order valence-corrected chi connectivity index (χ4v) is 1.29. The summed E-state index contributed by atoms with van der Waals surface area (Å²) in [6.45, 7) is 4.78. The van der Waals surface area contributed by atoms with Crippen LogP contribution in [0.2, 0.25) is 0 Å². The quantitative estimate of drug-likeness (QED) is 0.850. The second-order valence-electron chi connectivity index (χ2n) is 3.37. The first-order valence-electron chi connectivity index (χ1n) is 5.39. The molecule has 0 fully saturated rings. The van der Waals surface area contributed by atoms with Crippen LogP contribution in [-0.2, 0) is 6.54 Å². The maximum atomic E-state index is 5.32. The van der Waals surface area contributed by atoms with Gasteiger partial charge in [-0.3, -0.25) is 0 Å². The predicted octanol–water partition coefficient (Wildman–Crippen LogP) is 1.78. The van der Waals surface area contributed by atoms with Crippen molar-refractivity contribution in [3.63, 3.8) is 0 Å². The Kier molecular flexibility index (Phi) is 3.54. The Labute approximate surface area is 99.1 Å². The van der Waals surface area contributed by atoms with E-state index in [9.17, 15) is 0 Å². The smallest absolute Gasteiger partial charge is 0.226 e. The minimum absolute atomic E-state index is 0.448. The Morgan fingerprint density at radius 3 is 3.00 bits per heavy atom. The van der Waals surface area contributed by atoms with Crippen LogP contribution in [0.25, 0.3) is 0 Å². The Balaban J connectivity index is 1.96. The molecule has 1 N–H and O–H groups in total. The van der Waals surface area contributed by atoms with Crippen molar-refractivity contribution in [3.05, 3.63) is 30.1 Å². The van der Waals surface area contributed by atoms with E-state index in [1.54, 1.807) is 18.5 Å². The van der Waals surface area contributed by atoms with Crippen LogP contribution in [0.3, 0.4) is 0 Å². The largest absolute Gasteiger partial charge is 0.478 e. The lowest BCUT2D eigenvalue weighted by Crippen LogP contribution is -2.05. The molecule has 17 heavy (non-hydrogen) atoms. The van der Waals surface area contributed by atoms with E-state index in [2.05, 4.69) is 20.3 Å². The number of ether oxygens (including phenoxy) is 1. The molecule has 0 aliphatic heterocycles. The van der Waals surface area contributed by atoms with Gasteiger partial charge in [0.25, 0.3) is 0 Å². The van der Waals surface area contributed by atoms with Crippen LogP contribution in [0.1, 0.15) is 18.6 Å². The number of aryl methyl sites for hydroxylation is 1. The van der Waals surface area contributed by atoms with E-state index in [4.69, 9.17) is 9.15 Å². The SMILES string of the molecule is CCOc1ccnc(NCc2ncc(C)o2)n1. The number of oxazole rings is 1. The van der Waals surface area contributed by atoms with E-state index in [-0.39, 0.29) is 0 Å². The van der Waals surface area contributed by atoms with E-state index in [1.165, 1.54) is 0 Å². The Morgan fingerprint density at radius 2 is 2.29 bits per heavy atom. The molecule has 0 unspecified atom stereocenters. The molecule has 0 aromatic carbocycles. The first-order chi connectivity index (χ1) is 8.28. The van der Waals surface area contributed by atoms with Crippen molar-refractivity contribution in [1.29, 1.82) is 0 Å². The van der Waals surface area contributed by atoms with Crippen LogP contribution < -0.4 is 10.1 Å². The zero-order valence-corrected chi connectivity index (χ0v) is 9.80. The molecular formula is C11H14N4O2. The molecule has 2 aromatic heterocycles. The maximum Gasteiger partial charge on any atom is 0.226 e. The van der Waals surface area contributed by atoms with Crippen molar-refractivity contribution in [2.45, 2.75) is 20.4 Å². The third-order valence-electron chi connectivity index (χ3n) is 1.99. The van der Waals surface area contributed by atoms with Gasteiger partial charge in [-0.1, -0.05) is 0 Å². The van der Waals surface area contributed by atoms with Gasteiger partial charge >= 0.3 is 0 Å². The molecule has 0 bridgehead atoms. The topological polar surface area (TPSA) is 73.1 Å². The molecule has 0 saturated heterocycles. The maximum absolute atomic E-state index is 5.32. The van der Waals surface area contributed by atoms with Crippen molar-refractivity contribution in [1.82, 2.24) is 15.0 Å². The minimum atomic E-state index is 0.448. The van der Waals surface area contributed by atoms with Gasteiger partial charge in [-0.25, -0.2) is 9.97 Å². The van der Waals surface area contributed by atoms with Gasteiger partial charge in [0, 0.05) is 12.3 Å². The zero-order chi connectivity index (χ0) is 12.1. The van der Waals surface area contributed by atoms with Gasteiger partial charge in [-0.05, 0) is 13.8 Å². The molecule has 0 atom stereocenters. The van der Waals surface area contributed by atoms with Gasteiger partial charge in [0.15, 0.2) is 0 Å². The van der Waals surface area contributed by atoms with Crippen molar-refractivity contribution in [3.8, 4) is 5.88 Å². The van der Waals surface area contributed by atoms with Gasteiger partial charge in [-0.15, -0.1) is 0 Å². The van der Waals surface area contributed by atoms with E-state index >= 15 is 0 Å². The molecule has 2 heterocycles. The number of aromatic nitrogens is 3. The Hall–Kier alpha value is -2.11. The molecule has 2 aromatic rings. The summed E-state index contributed by atoms with van der Waals surface area (Å²) in [5.41, 5.74) is 0. The Morgan fingerprint density at radius 1 is 1.41 bits per heavy atom. The molecule has 0 amide bonds. The molecule has 6 heteroatoms. The number of hydrogen-bond donors (Lipinski definition) is 1. The normalized spacial score (nSPS) is 10.2. The number of anilines is 1. The van der Waals surface area contributed by atoms with Crippen LogP contribution in [0.15, 0.2) is 22.9 Å². The first kappa shape index (κ1) is 11.4. The first-order valence-corrected chi connectivity index (χ1v) is 5.39. The predicted molar refractivity (Wildman–Crippen MR) is 61.8 cm³/mol. The lowest BCUT2D eigenvalue weighted by Gasteiger charge is -2.04. The molecule has 0 saturated carbocycles. The van der Waals surface area contributed by atoms with Crippen molar-refractivity contribution < 1.29 is 9.15 Å². The number of rotatable bonds is 5. The minimum Gasteiger partial charge on any atom is -0.478 e. The summed E-state index contributed by atoms with van der Waals surface area (Å²) >= 11 is 0. The average Bonchev–Trinajstić information content (AvgIpc) is 2.74. The monoisotopic (exact) mass is 234 g/mol. The summed E-state index contributed by atoms with van der Waals surface area (Å²) in [5, 5.41) is 3.01. The van der Waals surface area contributed by atoms with Gasteiger partial charge in [0.2, 0.25) is 17.7 Å². The van der Waals surface area contributed by atoms with Crippen LogP contribution in [0.4, 0.5) is 5.95 Å². The summed E-state index contributed by atoms with van der Waals surface area (Å²) in [7, 11) is 0. The number of nitrogens with one attached hydrogen (secondary N) is 1. The molecule has 0 radical (unpaired) electrons. The highest BCUT2D eigenvalue weighted by Crippen LogP contribution is 2.09. The van der Waals surface area contributed by atoms with E-state index in [0.29, 0.717) is 30.9 Å². The summed E-state index contributed by atoms with van der Waals surface area (Å²) in [6, 6.07) is 1.71. The summed E-state index contributed by atoms with van der Waals surface area (Å²) in [6.07, 6.45) is 3.32. The fraction of sp³-hybridized carbons (Fsp3) is 0.364. The van der Waals surface area contributed by atoms with E-state index in [0.717, 1.165) is 5.76 Å². The van der Waals surface area contributed by atoms with Gasteiger partial charge in [0.05, 0.1) is 19.3 Å². The second-order valence-corrected chi connectivity index (χ2v) is 3.37. The average molecular weight is 234 g/mol. The highest BCUT2D eigenvalue weighted by Gasteiger charge is 2.03. The highest BCUT2D eigenvalue weighted by atomic mass is 16.5. The number of nitrogens with zero attached hydrogens (tertiary/aromatic N) is 3.